The maximum atomic E-state index is 12.2. The summed E-state index contributed by atoms with van der Waals surface area (Å²) in [6.45, 7) is 5.83. The molecule has 0 unspecified atom stereocenters. The highest BCUT2D eigenvalue weighted by Gasteiger charge is 2.66. The zero-order valence-corrected chi connectivity index (χ0v) is 15.5. The number of carbonyl (C=O) groups is 2. The SMILES string of the molecule is CC(=O)[C@]1(O)CC[C@@H]2[C@H]3C[C@H](O)C4=CC(=O)CC[C@]4(C)[C@@H]3CC[C@]21C. The number of aliphatic hydroxyl groups excluding tert-OH is 1. The lowest BCUT2D eigenvalue weighted by atomic mass is 9.46. The highest BCUT2D eigenvalue weighted by atomic mass is 16.3. The van der Waals surface area contributed by atoms with Gasteiger partial charge in [-0.05, 0) is 80.3 Å². The lowest BCUT2D eigenvalue weighted by Gasteiger charge is -2.59. The van der Waals surface area contributed by atoms with Crippen LogP contribution in [0.2, 0.25) is 0 Å². The summed E-state index contributed by atoms with van der Waals surface area (Å²) in [5.74, 6) is 1.05. The van der Waals surface area contributed by atoms with Crippen LogP contribution in [0.3, 0.4) is 0 Å². The molecule has 138 valence electrons. The first-order chi connectivity index (χ1) is 11.6. The van der Waals surface area contributed by atoms with Crippen molar-refractivity contribution in [3.05, 3.63) is 11.6 Å². The monoisotopic (exact) mass is 346 g/mol. The van der Waals surface area contributed by atoms with E-state index in [1.54, 1.807) is 6.08 Å². The van der Waals surface area contributed by atoms with Crippen LogP contribution in [0.15, 0.2) is 11.6 Å². The van der Waals surface area contributed by atoms with E-state index < -0.39 is 11.7 Å². The first kappa shape index (κ1) is 17.4. The Balaban J connectivity index is 1.73. The summed E-state index contributed by atoms with van der Waals surface area (Å²) >= 11 is 0. The first-order valence-electron chi connectivity index (χ1n) is 9.80. The number of hydrogen-bond acceptors (Lipinski definition) is 4. The van der Waals surface area contributed by atoms with Gasteiger partial charge in [0.05, 0.1) is 6.10 Å². The van der Waals surface area contributed by atoms with E-state index in [-0.39, 0.29) is 28.3 Å². The number of rotatable bonds is 1. The number of hydrogen-bond donors (Lipinski definition) is 2. The van der Waals surface area contributed by atoms with Crippen molar-refractivity contribution in [1.82, 2.24) is 0 Å². The largest absolute Gasteiger partial charge is 0.389 e. The molecule has 3 fully saturated rings. The third kappa shape index (κ3) is 2.07. The lowest BCUT2D eigenvalue weighted by Crippen LogP contribution is -2.58. The number of fused-ring (bicyclic) bond motifs is 5. The summed E-state index contributed by atoms with van der Waals surface area (Å²) in [6, 6.07) is 0. The molecule has 7 atom stereocenters. The van der Waals surface area contributed by atoms with Gasteiger partial charge in [-0.25, -0.2) is 0 Å². The Morgan fingerprint density at radius 2 is 1.84 bits per heavy atom. The Morgan fingerprint density at radius 3 is 2.52 bits per heavy atom. The average Bonchev–Trinajstić information content (AvgIpc) is 2.83. The Bertz CT molecular complexity index is 667. The fourth-order valence-corrected chi connectivity index (χ4v) is 7.20. The van der Waals surface area contributed by atoms with E-state index in [0.717, 1.165) is 31.3 Å². The van der Waals surface area contributed by atoms with E-state index in [9.17, 15) is 19.8 Å². The van der Waals surface area contributed by atoms with Gasteiger partial charge in [-0.3, -0.25) is 9.59 Å². The minimum atomic E-state index is -1.22. The van der Waals surface area contributed by atoms with Crippen LogP contribution in [-0.4, -0.2) is 33.5 Å². The van der Waals surface area contributed by atoms with Gasteiger partial charge in [0.1, 0.15) is 5.60 Å². The van der Waals surface area contributed by atoms with Crippen molar-refractivity contribution in [3.8, 4) is 0 Å². The molecule has 0 aromatic carbocycles. The topological polar surface area (TPSA) is 74.6 Å². The Morgan fingerprint density at radius 1 is 1.16 bits per heavy atom. The van der Waals surface area contributed by atoms with Crippen molar-refractivity contribution >= 4 is 11.6 Å². The second-order valence-corrected chi connectivity index (χ2v) is 9.52. The number of Topliss-reactive ketones (excluding diaryl/α,β-unsaturated/α-hetero) is 1. The molecule has 0 bridgehead atoms. The Labute approximate surface area is 149 Å². The third-order valence-electron chi connectivity index (χ3n) is 8.71. The molecular weight excluding hydrogens is 316 g/mol. The summed E-state index contributed by atoms with van der Waals surface area (Å²) in [7, 11) is 0. The van der Waals surface area contributed by atoms with Gasteiger partial charge in [-0.2, -0.15) is 0 Å². The van der Waals surface area contributed by atoms with Gasteiger partial charge in [0.2, 0.25) is 0 Å². The minimum absolute atomic E-state index is 0.109. The van der Waals surface area contributed by atoms with Gasteiger partial charge in [0.25, 0.3) is 0 Å². The molecule has 4 rings (SSSR count). The maximum Gasteiger partial charge on any atom is 0.161 e. The molecule has 0 aliphatic heterocycles. The average molecular weight is 346 g/mol. The highest BCUT2D eigenvalue weighted by molar-refractivity contribution is 5.92. The Kier molecular flexibility index (Phi) is 3.66. The van der Waals surface area contributed by atoms with Crippen molar-refractivity contribution in [3.63, 3.8) is 0 Å². The normalized spacial score (nSPS) is 52.0. The van der Waals surface area contributed by atoms with Gasteiger partial charge in [-0.15, -0.1) is 0 Å². The van der Waals surface area contributed by atoms with Crippen LogP contribution in [0.4, 0.5) is 0 Å². The summed E-state index contributed by atoms with van der Waals surface area (Å²) < 4.78 is 0. The van der Waals surface area contributed by atoms with Crippen LogP contribution in [0, 0.1) is 28.6 Å². The summed E-state index contributed by atoms with van der Waals surface area (Å²) in [4.78, 5) is 24.1. The van der Waals surface area contributed by atoms with Crippen LogP contribution >= 0.6 is 0 Å². The quantitative estimate of drug-likeness (QED) is 0.766. The molecule has 4 aliphatic carbocycles. The molecule has 0 aromatic rings. The molecule has 0 heterocycles. The molecule has 0 spiro atoms. The van der Waals surface area contributed by atoms with Crippen molar-refractivity contribution in [2.75, 3.05) is 0 Å². The molecule has 4 heteroatoms. The van der Waals surface area contributed by atoms with Crippen LogP contribution in [0.1, 0.15) is 65.7 Å². The minimum Gasteiger partial charge on any atom is -0.389 e. The van der Waals surface area contributed by atoms with Crippen LogP contribution in [0.5, 0.6) is 0 Å². The molecule has 0 saturated heterocycles. The van der Waals surface area contributed by atoms with Crippen LogP contribution in [0.25, 0.3) is 0 Å². The molecule has 0 amide bonds. The molecule has 4 aliphatic rings. The van der Waals surface area contributed by atoms with Crippen molar-refractivity contribution < 1.29 is 19.8 Å². The summed E-state index contributed by atoms with van der Waals surface area (Å²) in [5, 5.41) is 22.0. The Hall–Kier alpha value is -1.00. The number of aliphatic hydroxyl groups is 2. The van der Waals surface area contributed by atoms with Gasteiger partial charge in [0, 0.05) is 11.8 Å². The van der Waals surface area contributed by atoms with Crippen LogP contribution in [-0.2, 0) is 9.59 Å². The molecule has 0 aromatic heterocycles. The smallest absolute Gasteiger partial charge is 0.161 e. The molecule has 25 heavy (non-hydrogen) atoms. The number of carbonyl (C=O) groups excluding carboxylic acids is 2. The predicted molar refractivity (Wildman–Crippen MR) is 93.7 cm³/mol. The second-order valence-electron chi connectivity index (χ2n) is 9.52. The summed E-state index contributed by atoms with van der Waals surface area (Å²) in [5.41, 5.74) is -0.780. The molecule has 4 nitrogen and oxygen atoms in total. The molecular formula is C21H30O4. The van der Waals surface area contributed by atoms with E-state index in [1.807, 2.05) is 0 Å². The van der Waals surface area contributed by atoms with Gasteiger partial charge in [-0.1, -0.05) is 13.8 Å². The molecule has 0 radical (unpaired) electrons. The fourth-order valence-electron chi connectivity index (χ4n) is 7.20. The maximum absolute atomic E-state index is 12.2. The van der Waals surface area contributed by atoms with Crippen molar-refractivity contribution in [2.24, 2.45) is 28.6 Å². The van der Waals surface area contributed by atoms with Crippen molar-refractivity contribution in [1.29, 1.82) is 0 Å². The number of ketones is 2. The zero-order chi connectivity index (χ0) is 18.2. The highest BCUT2D eigenvalue weighted by Crippen LogP contribution is 2.67. The predicted octanol–water partition coefficient (Wildman–Crippen LogP) is 2.81. The van der Waals surface area contributed by atoms with Gasteiger partial charge in [0.15, 0.2) is 11.6 Å². The van der Waals surface area contributed by atoms with Gasteiger partial charge < -0.3 is 10.2 Å². The molecule has 2 N–H and O–H groups in total. The standard InChI is InChI=1S/C21H30O4/c1-12(22)21(25)9-6-16-14-11-18(24)17-10-13(23)4-7-19(17,2)15(14)5-8-20(16,21)3/h10,14-16,18,24-25H,4-9,11H2,1-3H3/t14-,15+,16+,18-,19+,20+,21+/m0/s1. The zero-order valence-electron chi connectivity index (χ0n) is 15.5. The summed E-state index contributed by atoms with van der Waals surface area (Å²) in [6.07, 6.45) is 6.39. The second kappa shape index (κ2) is 5.26. The van der Waals surface area contributed by atoms with E-state index in [4.69, 9.17) is 0 Å². The fraction of sp³-hybridized carbons (Fsp3) is 0.810. The van der Waals surface area contributed by atoms with Crippen LogP contribution < -0.4 is 0 Å². The van der Waals surface area contributed by atoms with Gasteiger partial charge >= 0.3 is 0 Å². The van der Waals surface area contributed by atoms with E-state index in [2.05, 4.69) is 13.8 Å². The first-order valence-corrected chi connectivity index (χ1v) is 9.80. The van der Waals surface area contributed by atoms with Crippen molar-refractivity contribution in [2.45, 2.75) is 77.4 Å². The van der Waals surface area contributed by atoms with E-state index in [0.29, 0.717) is 31.1 Å². The van der Waals surface area contributed by atoms with E-state index >= 15 is 0 Å². The lowest BCUT2D eigenvalue weighted by molar-refractivity contribution is -0.162. The van der Waals surface area contributed by atoms with E-state index in [1.165, 1.54) is 6.92 Å². The molecule has 3 saturated carbocycles. The third-order valence-corrected chi connectivity index (χ3v) is 8.71.